The van der Waals surface area contributed by atoms with Crippen LogP contribution in [0.25, 0.3) is 0 Å². The number of benzene rings is 1. The number of alkyl carbamates (subject to hydrolysis) is 2. The van der Waals surface area contributed by atoms with Crippen LogP contribution < -0.4 is 16.0 Å². The second kappa shape index (κ2) is 16.0. The number of aliphatic carboxylic acids is 1. The molecule has 0 saturated carbocycles. The van der Waals surface area contributed by atoms with Gasteiger partial charge < -0.3 is 35.3 Å². The molecule has 1 aromatic rings. The van der Waals surface area contributed by atoms with Crippen LogP contribution in [0.2, 0.25) is 0 Å². The Hall–Kier alpha value is -3.83. The number of unbranched alkanes of at least 4 members (excludes halogenated alkanes) is 1. The van der Waals surface area contributed by atoms with E-state index >= 15 is 0 Å². The molecule has 12 nitrogen and oxygen atoms in total. The second-order valence-corrected chi connectivity index (χ2v) is 9.20. The van der Waals surface area contributed by atoms with E-state index in [4.69, 9.17) is 9.47 Å². The van der Waals surface area contributed by atoms with Crippen LogP contribution in [0, 0.1) is 0 Å². The van der Waals surface area contributed by atoms with Crippen LogP contribution in [0.1, 0.15) is 58.4 Å². The Balaban J connectivity index is 2.33. The van der Waals surface area contributed by atoms with E-state index in [2.05, 4.69) is 20.7 Å². The first-order valence-corrected chi connectivity index (χ1v) is 12.0. The van der Waals surface area contributed by atoms with Crippen LogP contribution in [0.15, 0.2) is 30.3 Å². The third kappa shape index (κ3) is 14.4. The van der Waals surface area contributed by atoms with Gasteiger partial charge in [0.25, 0.3) is 0 Å². The van der Waals surface area contributed by atoms with Gasteiger partial charge in [-0.2, -0.15) is 0 Å². The van der Waals surface area contributed by atoms with Crippen LogP contribution in [0.5, 0.6) is 0 Å². The summed E-state index contributed by atoms with van der Waals surface area (Å²) in [6, 6.07) is 6.82. The summed E-state index contributed by atoms with van der Waals surface area (Å²) in [6.07, 6.45) is -0.640. The predicted molar refractivity (Wildman–Crippen MR) is 132 cm³/mol. The summed E-state index contributed by atoms with van der Waals surface area (Å²) in [5, 5.41) is 16.7. The molecular formula is C25H37N3O9. The Morgan fingerprint density at radius 1 is 0.919 bits per heavy atom. The number of amides is 3. The summed E-state index contributed by atoms with van der Waals surface area (Å²) in [4.78, 5) is 59.4. The first-order chi connectivity index (χ1) is 17.4. The molecule has 0 aliphatic heterocycles. The third-order valence-electron chi connectivity index (χ3n) is 4.88. The first-order valence-electron chi connectivity index (χ1n) is 12.0. The number of carbonyl (C=O) groups excluding carboxylic acids is 4. The average Bonchev–Trinajstić information content (AvgIpc) is 2.83. The molecule has 3 amide bonds. The van der Waals surface area contributed by atoms with E-state index in [9.17, 15) is 29.1 Å². The molecule has 12 heteroatoms. The number of carboxylic acids is 1. The van der Waals surface area contributed by atoms with Crippen molar-refractivity contribution in [3.05, 3.63) is 35.9 Å². The summed E-state index contributed by atoms with van der Waals surface area (Å²) >= 11 is 0. The lowest BCUT2D eigenvalue weighted by Gasteiger charge is -2.22. The summed E-state index contributed by atoms with van der Waals surface area (Å²) in [5.41, 5.74) is 0.0264. The Kier molecular flexibility index (Phi) is 13.5. The summed E-state index contributed by atoms with van der Waals surface area (Å²) in [7, 11) is 1.18. The molecule has 206 valence electrons. The van der Waals surface area contributed by atoms with Gasteiger partial charge >= 0.3 is 24.1 Å². The van der Waals surface area contributed by atoms with Crippen molar-refractivity contribution in [3.8, 4) is 0 Å². The molecule has 0 bridgehead atoms. The van der Waals surface area contributed by atoms with E-state index in [0.717, 1.165) is 5.56 Å². The lowest BCUT2D eigenvalue weighted by atomic mass is 10.1. The van der Waals surface area contributed by atoms with Crippen LogP contribution >= 0.6 is 0 Å². The van der Waals surface area contributed by atoms with Crippen molar-refractivity contribution in [2.75, 3.05) is 13.7 Å². The van der Waals surface area contributed by atoms with Gasteiger partial charge in [-0.05, 0) is 52.0 Å². The number of esters is 1. The molecule has 0 aliphatic carbocycles. The molecule has 0 radical (unpaired) electrons. The number of carboxylic acid groups (broad SMARTS) is 1. The summed E-state index contributed by atoms with van der Waals surface area (Å²) in [5.74, 6) is -2.24. The molecule has 0 heterocycles. The molecule has 4 N–H and O–H groups in total. The number of carbonyl (C=O) groups is 5. The smallest absolute Gasteiger partial charge is 0.408 e. The van der Waals surface area contributed by atoms with E-state index in [1.165, 1.54) is 7.11 Å². The fraction of sp³-hybridized carbons (Fsp3) is 0.560. The standard InChI is InChI=1S/C25H37N3O9/c1-25(2,3)37-24(34)28-19(22(32)35-4)13-14-20(29)26-15-9-8-12-18(21(30)31)27-23(33)36-16-17-10-6-5-7-11-17/h5-7,10-11,18-19H,8-9,12-16H2,1-4H3,(H,26,29)(H,27,33)(H,28,34)(H,30,31)/t18-,19-/m0/s1. The molecule has 2 atom stereocenters. The Morgan fingerprint density at radius 2 is 1.57 bits per heavy atom. The maximum absolute atomic E-state index is 12.1. The molecule has 0 aromatic heterocycles. The molecule has 0 unspecified atom stereocenters. The third-order valence-corrected chi connectivity index (χ3v) is 4.88. The molecule has 0 spiro atoms. The predicted octanol–water partition coefficient (Wildman–Crippen LogP) is 2.50. The second-order valence-electron chi connectivity index (χ2n) is 9.20. The van der Waals surface area contributed by atoms with Crippen LogP contribution in [-0.2, 0) is 35.2 Å². The van der Waals surface area contributed by atoms with Crippen molar-refractivity contribution in [3.63, 3.8) is 0 Å². The highest BCUT2D eigenvalue weighted by Crippen LogP contribution is 2.09. The first kappa shape index (κ1) is 31.2. The maximum Gasteiger partial charge on any atom is 0.408 e. The molecule has 1 rings (SSSR count). The Labute approximate surface area is 216 Å². The van der Waals surface area contributed by atoms with Gasteiger partial charge in [0, 0.05) is 13.0 Å². The topological polar surface area (TPSA) is 169 Å². The van der Waals surface area contributed by atoms with Gasteiger partial charge in [-0.15, -0.1) is 0 Å². The maximum atomic E-state index is 12.1. The lowest BCUT2D eigenvalue weighted by molar-refractivity contribution is -0.143. The average molecular weight is 524 g/mol. The van der Waals surface area contributed by atoms with Crippen LogP contribution in [0.3, 0.4) is 0 Å². The van der Waals surface area contributed by atoms with Gasteiger partial charge in [0.2, 0.25) is 5.91 Å². The number of rotatable bonds is 14. The molecule has 0 saturated heterocycles. The van der Waals surface area contributed by atoms with Crippen LogP contribution in [-0.4, -0.2) is 66.5 Å². The van der Waals surface area contributed by atoms with Crippen molar-refractivity contribution in [2.45, 2.75) is 77.2 Å². The van der Waals surface area contributed by atoms with E-state index in [-0.39, 0.29) is 38.3 Å². The van der Waals surface area contributed by atoms with Crippen molar-refractivity contribution >= 4 is 30.0 Å². The minimum atomic E-state index is -1.19. The number of hydrogen-bond donors (Lipinski definition) is 4. The highest BCUT2D eigenvalue weighted by molar-refractivity contribution is 5.83. The molecule has 0 aliphatic rings. The number of hydrogen-bond acceptors (Lipinski definition) is 8. The van der Waals surface area contributed by atoms with Crippen molar-refractivity contribution in [1.29, 1.82) is 0 Å². The van der Waals surface area contributed by atoms with Crippen LogP contribution in [0.4, 0.5) is 9.59 Å². The molecular weight excluding hydrogens is 486 g/mol. The zero-order valence-electron chi connectivity index (χ0n) is 21.7. The van der Waals surface area contributed by atoms with E-state index < -0.39 is 41.8 Å². The van der Waals surface area contributed by atoms with Gasteiger partial charge in [0.15, 0.2) is 0 Å². The Bertz CT molecular complexity index is 900. The van der Waals surface area contributed by atoms with E-state index in [0.29, 0.717) is 12.8 Å². The molecule has 37 heavy (non-hydrogen) atoms. The molecule has 1 aromatic carbocycles. The minimum Gasteiger partial charge on any atom is -0.480 e. The van der Waals surface area contributed by atoms with Gasteiger partial charge in [-0.25, -0.2) is 19.2 Å². The summed E-state index contributed by atoms with van der Waals surface area (Å²) in [6.45, 7) is 5.33. The highest BCUT2D eigenvalue weighted by Gasteiger charge is 2.25. The number of ether oxygens (including phenoxy) is 3. The fourth-order valence-electron chi connectivity index (χ4n) is 3.07. The van der Waals surface area contributed by atoms with Crippen molar-refractivity contribution in [1.82, 2.24) is 16.0 Å². The minimum absolute atomic E-state index is 0.00779. The number of methoxy groups -OCH3 is 1. The quantitative estimate of drug-likeness (QED) is 0.163. The summed E-state index contributed by atoms with van der Waals surface area (Å²) < 4.78 is 14.8. The van der Waals surface area contributed by atoms with E-state index in [1.807, 2.05) is 6.07 Å². The van der Waals surface area contributed by atoms with Gasteiger partial charge in [-0.1, -0.05) is 30.3 Å². The zero-order chi connectivity index (χ0) is 27.8. The highest BCUT2D eigenvalue weighted by atomic mass is 16.6. The largest absolute Gasteiger partial charge is 0.480 e. The van der Waals surface area contributed by atoms with E-state index in [1.54, 1.807) is 45.0 Å². The SMILES string of the molecule is COC(=O)[C@H](CCC(=O)NCCCC[C@H](NC(=O)OCc1ccccc1)C(=O)O)NC(=O)OC(C)(C)C. The van der Waals surface area contributed by atoms with Gasteiger partial charge in [0.1, 0.15) is 24.3 Å². The van der Waals surface area contributed by atoms with Gasteiger partial charge in [0.05, 0.1) is 7.11 Å². The van der Waals surface area contributed by atoms with Crippen molar-refractivity contribution < 1.29 is 43.3 Å². The zero-order valence-corrected chi connectivity index (χ0v) is 21.7. The molecule has 0 fully saturated rings. The van der Waals surface area contributed by atoms with Crippen molar-refractivity contribution in [2.24, 2.45) is 0 Å². The fourth-order valence-corrected chi connectivity index (χ4v) is 3.07. The Morgan fingerprint density at radius 3 is 2.16 bits per heavy atom. The number of nitrogens with one attached hydrogen (secondary N) is 3. The van der Waals surface area contributed by atoms with Gasteiger partial charge in [-0.3, -0.25) is 4.79 Å². The lowest BCUT2D eigenvalue weighted by Crippen LogP contribution is -2.44. The normalized spacial score (nSPS) is 12.4. The monoisotopic (exact) mass is 523 g/mol.